The standard InChI is InChI=1S/C11H22O2/c1-5-11(6-2)8(3)10(7-12)9(4)13-11/h8-10,12H,5-7H2,1-4H3/t8-,9+,10?/m1/s1. The average molecular weight is 186 g/mol. The third-order valence-corrected chi connectivity index (χ3v) is 3.90. The monoisotopic (exact) mass is 186 g/mol. The normalized spacial score (nSPS) is 38.1. The topological polar surface area (TPSA) is 29.5 Å². The summed E-state index contributed by atoms with van der Waals surface area (Å²) in [7, 11) is 0. The summed E-state index contributed by atoms with van der Waals surface area (Å²) in [5, 5.41) is 9.25. The SMILES string of the molecule is CCC1(CC)O[C@@H](C)C(CO)[C@H]1C. The van der Waals surface area contributed by atoms with Crippen molar-refractivity contribution >= 4 is 0 Å². The Morgan fingerprint density at radius 1 is 1.23 bits per heavy atom. The second-order valence-electron chi connectivity index (χ2n) is 4.23. The summed E-state index contributed by atoms with van der Waals surface area (Å²) < 4.78 is 6.00. The Balaban J connectivity index is 2.80. The Kier molecular flexibility index (Phi) is 3.36. The van der Waals surface area contributed by atoms with Crippen molar-refractivity contribution in [2.45, 2.75) is 52.2 Å². The molecule has 1 unspecified atom stereocenters. The van der Waals surface area contributed by atoms with Gasteiger partial charge in [0.25, 0.3) is 0 Å². The van der Waals surface area contributed by atoms with Crippen LogP contribution in [0.25, 0.3) is 0 Å². The maximum Gasteiger partial charge on any atom is 0.0710 e. The quantitative estimate of drug-likeness (QED) is 0.732. The highest BCUT2D eigenvalue weighted by atomic mass is 16.5. The van der Waals surface area contributed by atoms with Gasteiger partial charge in [-0.25, -0.2) is 0 Å². The molecule has 0 radical (unpaired) electrons. The van der Waals surface area contributed by atoms with E-state index >= 15 is 0 Å². The van der Waals surface area contributed by atoms with Crippen molar-refractivity contribution in [2.24, 2.45) is 11.8 Å². The van der Waals surface area contributed by atoms with Crippen LogP contribution in [0.3, 0.4) is 0 Å². The molecule has 0 aromatic heterocycles. The molecule has 2 nitrogen and oxygen atoms in total. The van der Waals surface area contributed by atoms with Gasteiger partial charge >= 0.3 is 0 Å². The van der Waals surface area contributed by atoms with Crippen LogP contribution in [0.1, 0.15) is 40.5 Å². The van der Waals surface area contributed by atoms with Gasteiger partial charge in [-0.1, -0.05) is 20.8 Å². The fourth-order valence-electron chi connectivity index (χ4n) is 2.73. The highest BCUT2D eigenvalue weighted by molar-refractivity contribution is 4.96. The lowest BCUT2D eigenvalue weighted by molar-refractivity contribution is -0.0565. The molecule has 0 spiro atoms. The van der Waals surface area contributed by atoms with E-state index in [0.29, 0.717) is 11.8 Å². The minimum atomic E-state index is 0.0206. The van der Waals surface area contributed by atoms with Crippen molar-refractivity contribution in [3.05, 3.63) is 0 Å². The van der Waals surface area contributed by atoms with E-state index < -0.39 is 0 Å². The molecule has 1 saturated heterocycles. The largest absolute Gasteiger partial charge is 0.396 e. The number of aliphatic hydroxyl groups excluding tert-OH is 1. The van der Waals surface area contributed by atoms with Crippen LogP contribution in [0.2, 0.25) is 0 Å². The Morgan fingerprint density at radius 3 is 2.00 bits per heavy atom. The number of hydrogen-bond donors (Lipinski definition) is 1. The molecule has 13 heavy (non-hydrogen) atoms. The van der Waals surface area contributed by atoms with Crippen molar-refractivity contribution in [2.75, 3.05) is 6.61 Å². The first-order chi connectivity index (χ1) is 6.11. The zero-order valence-electron chi connectivity index (χ0n) is 9.21. The van der Waals surface area contributed by atoms with Crippen molar-refractivity contribution in [1.29, 1.82) is 0 Å². The first-order valence-corrected chi connectivity index (χ1v) is 5.40. The fraction of sp³-hybridized carbons (Fsp3) is 1.00. The van der Waals surface area contributed by atoms with Gasteiger partial charge in [0.05, 0.1) is 11.7 Å². The second kappa shape index (κ2) is 3.97. The molecule has 3 atom stereocenters. The first kappa shape index (κ1) is 11.0. The fourth-order valence-corrected chi connectivity index (χ4v) is 2.73. The summed E-state index contributed by atoms with van der Waals surface area (Å²) in [5.74, 6) is 0.794. The van der Waals surface area contributed by atoms with E-state index in [0.717, 1.165) is 12.8 Å². The molecule has 2 heteroatoms. The highest BCUT2D eigenvalue weighted by Gasteiger charge is 2.48. The summed E-state index contributed by atoms with van der Waals surface area (Å²) >= 11 is 0. The number of aliphatic hydroxyl groups is 1. The summed E-state index contributed by atoms with van der Waals surface area (Å²) in [6, 6.07) is 0. The molecule has 1 rings (SSSR count). The predicted molar refractivity (Wildman–Crippen MR) is 53.6 cm³/mol. The zero-order chi connectivity index (χ0) is 10.1. The van der Waals surface area contributed by atoms with Crippen LogP contribution in [-0.2, 0) is 4.74 Å². The molecule has 1 N–H and O–H groups in total. The van der Waals surface area contributed by atoms with Crippen molar-refractivity contribution in [3.63, 3.8) is 0 Å². The lowest BCUT2D eigenvalue weighted by Gasteiger charge is -2.31. The van der Waals surface area contributed by atoms with Crippen LogP contribution in [0.15, 0.2) is 0 Å². The van der Waals surface area contributed by atoms with Gasteiger partial charge in [0.1, 0.15) is 0 Å². The molecular formula is C11H22O2. The second-order valence-corrected chi connectivity index (χ2v) is 4.23. The Labute approximate surface area is 81.3 Å². The van der Waals surface area contributed by atoms with Crippen LogP contribution in [-0.4, -0.2) is 23.4 Å². The summed E-state index contributed by atoms with van der Waals surface area (Å²) in [4.78, 5) is 0. The lowest BCUT2D eigenvalue weighted by atomic mass is 9.78. The van der Waals surface area contributed by atoms with Crippen LogP contribution >= 0.6 is 0 Å². The van der Waals surface area contributed by atoms with Gasteiger partial charge in [-0.15, -0.1) is 0 Å². The molecule has 0 aromatic carbocycles. The van der Waals surface area contributed by atoms with Gasteiger partial charge in [0.15, 0.2) is 0 Å². The number of ether oxygens (including phenoxy) is 1. The van der Waals surface area contributed by atoms with E-state index in [1.165, 1.54) is 0 Å². The zero-order valence-corrected chi connectivity index (χ0v) is 9.21. The molecule has 1 heterocycles. The molecule has 1 aliphatic heterocycles. The molecule has 0 aromatic rings. The predicted octanol–water partition coefficient (Wildman–Crippen LogP) is 2.21. The van der Waals surface area contributed by atoms with Gasteiger partial charge < -0.3 is 9.84 Å². The van der Waals surface area contributed by atoms with Crippen LogP contribution < -0.4 is 0 Å². The summed E-state index contributed by atoms with van der Waals surface area (Å²) in [6.07, 6.45) is 2.30. The molecule has 0 bridgehead atoms. The lowest BCUT2D eigenvalue weighted by Crippen LogP contribution is -2.34. The number of rotatable bonds is 3. The van der Waals surface area contributed by atoms with Crippen molar-refractivity contribution in [3.8, 4) is 0 Å². The Hall–Kier alpha value is -0.0800. The summed E-state index contributed by atoms with van der Waals surface area (Å²) in [6.45, 7) is 8.88. The van der Waals surface area contributed by atoms with Gasteiger partial charge in [-0.05, 0) is 25.7 Å². The maximum atomic E-state index is 9.25. The molecule has 78 valence electrons. The van der Waals surface area contributed by atoms with Gasteiger partial charge in [0, 0.05) is 12.5 Å². The molecule has 0 aliphatic carbocycles. The molecule has 1 fully saturated rings. The van der Waals surface area contributed by atoms with E-state index in [2.05, 4.69) is 27.7 Å². The summed E-state index contributed by atoms with van der Waals surface area (Å²) in [5.41, 5.74) is 0.0206. The van der Waals surface area contributed by atoms with E-state index in [4.69, 9.17) is 4.74 Å². The number of hydrogen-bond acceptors (Lipinski definition) is 2. The van der Waals surface area contributed by atoms with Gasteiger partial charge in [0.2, 0.25) is 0 Å². The first-order valence-electron chi connectivity index (χ1n) is 5.40. The molecular weight excluding hydrogens is 164 g/mol. The smallest absolute Gasteiger partial charge is 0.0710 e. The molecule has 1 aliphatic rings. The van der Waals surface area contributed by atoms with E-state index in [-0.39, 0.29) is 18.3 Å². The van der Waals surface area contributed by atoms with E-state index in [1.807, 2.05) is 0 Å². The Morgan fingerprint density at radius 2 is 1.77 bits per heavy atom. The molecule has 0 saturated carbocycles. The van der Waals surface area contributed by atoms with Crippen molar-refractivity contribution in [1.82, 2.24) is 0 Å². The average Bonchev–Trinajstić information content (AvgIpc) is 2.38. The third-order valence-electron chi connectivity index (χ3n) is 3.90. The van der Waals surface area contributed by atoms with Crippen LogP contribution in [0.4, 0.5) is 0 Å². The maximum absolute atomic E-state index is 9.25. The van der Waals surface area contributed by atoms with Crippen molar-refractivity contribution < 1.29 is 9.84 Å². The van der Waals surface area contributed by atoms with Crippen LogP contribution in [0.5, 0.6) is 0 Å². The van der Waals surface area contributed by atoms with Gasteiger partial charge in [-0.3, -0.25) is 0 Å². The minimum Gasteiger partial charge on any atom is -0.396 e. The van der Waals surface area contributed by atoms with E-state index in [1.54, 1.807) is 0 Å². The van der Waals surface area contributed by atoms with E-state index in [9.17, 15) is 5.11 Å². The molecule has 0 amide bonds. The van der Waals surface area contributed by atoms with Crippen LogP contribution in [0, 0.1) is 11.8 Å². The van der Waals surface area contributed by atoms with Gasteiger partial charge in [-0.2, -0.15) is 0 Å². The highest BCUT2D eigenvalue weighted by Crippen LogP contribution is 2.44. The third kappa shape index (κ3) is 1.62. The minimum absolute atomic E-state index is 0.0206. The Bertz CT molecular complexity index is 163.